The van der Waals surface area contributed by atoms with Crippen LogP contribution in [0.5, 0.6) is 5.88 Å². The molecule has 1 aromatic carbocycles. The predicted octanol–water partition coefficient (Wildman–Crippen LogP) is 4.11. The average Bonchev–Trinajstić information content (AvgIpc) is 3.23. The fraction of sp³-hybridized carbons (Fsp3) is 0.391. The van der Waals surface area contributed by atoms with Crippen molar-refractivity contribution in [3.63, 3.8) is 0 Å². The highest BCUT2D eigenvalue weighted by molar-refractivity contribution is 5.91. The fourth-order valence-corrected chi connectivity index (χ4v) is 4.37. The Kier molecular flexibility index (Phi) is 5.38. The monoisotopic (exact) mass is 418 g/mol. The molecule has 8 nitrogen and oxygen atoms in total. The van der Waals surface area contributed by atoms with E-state index < -0.39 is 0 Å². The summed E-state index contributed by atoms with van der Waals surface area (Å²) in [5.74, 6) is 1.22. The lowest BCUT2D eigenvalue weighted by molar-refractivity contribution is 0.0346. The van der Waals surface area contributed by atoms with E-state index in [1.807, 2.05) is 35.1 Å². The average molecular weight is 419 g/mol. The number of nitrogens with zero attached hydrogens (tertiary/aromatic N) is 5. The normalized spacial score (nSPS) is 19.0. The van der Waals surface area contributed by atoms with Crippen LogP contribution in [-0.4, -0.2) is 50.4 Å². The van der Waals surface area contributed by atoms with E-state index in [1.54, 1.807) is 7.11 Å². The molecule has 0 aliphatic heterocycles. The molecule has 31 heavy (non-hydrogen) atoms. The topological polar surface area (TPSA) is 86.5 Å². The molecule has 8 heteroatoms. The van der Waals surface area contributed by atoms with Crippen molar-refractivity contribution in [1.82, 2.24) is 24.6 Å². The van der Waals surface area contributed by atoms with Gasteiger partial charge in [-0.05, 0) is 56.4 Å². The quantitative estimate of drug-likeness (QED) is 0.504. The number of nitrogens with one attached hydrogen (secondary N) is 1. The Morgan fingerprint density at radius 1 is 1.10 bits per heavy atom. The minimum absolute atomic E-state index is 0.386. The van der Waals surface area contributed by atoms with Crippen LogP contribution in [0.15, 0.2) is 43.0 Å². The third kappa shape index (κ3) is 3.90. The summed E-state index contributed by atoms with van der Waals surface area (Å²) in [4.78, 5) is 13.1. The van der Waals surface area contributed by atoms with Gasteiger partial charge >= 0.3 is 0 Å². The number of anilines is 1. The molecule has 0 saturated heterocycles. The highest BCUT2D eigenvalue weighted by Gasteiger charge is 2.22. The van der Waals surface area contributed by atoms with Gasteiger partial charge in [-0.2, -0.15) is 0 Å². The van der Waals surface area contributed by atoms with Gasteiger partial charge in [-0.15, -0.1) is 5.10 Å². The second kappa shape index (κ2) is 8.47. The second-order valence-electron chi connectivity index (χ2n) is 7.83. The third-order valence-electron chi connectivity index (χ3n) is 5.93. The van der Waals surface area contributed by atoms with E-state index in [0.717, 1.165) is 59.8 Å². The van der Waals surface area contributed by atoms with Crippen molar-refractivity contribution < 1.29 is 9.47 Å². The van der Waals surface area contributed by atoms with Gasteiger partial charge in [0.15, 0.2) is 0 Å². The van der Waals surface area contributed by atoms with Gasteiger partial charge in [0.1, 0.15) is 6.33 Å². The van der Waals surface area contributed by atoms with Crippen molar-refractivity contribution in [1.29, 1.82) is 0 Å². The summed E-state index contributed by atoms with van der Waals surface area (Å²) in [5, 5.41) is 9.05. The van der Waals surface area contributed by atoms with Crippen molar-refractivity contribution >= 4 is 22.4 Å². The smallest absolute Gasteiger partial charge is 0.241 e. The summed E-state index contributed by atoms with van der Waals surface area (Å²) in [6.45, 7) is 2.84. The van der Waals surface area contributed by atoms with E-state index >= 15 is 0 Å². The number of hydrogen-bond donors (Lipinski definition) is 1. The van der Waals surface area contributed by atoms with E-state index in [-0.39, 0.29) is 0 Å². The van der Waals surface area contributed by atoms with Gasteiger partial charge in [0, 0.05) is 24.4 Å². The van der Waals surface area contributed by atoms with Gasteiger partial charge in [-0.1, -0.05) is 6.07 Å². The maximum atomic E-state index is 5.75. The lowest BCUT2D eigenvalue weighted by Gasteiger charge is -2.28. The molecule has 1 aliphatic rings. The van der Waals surface area contributed by atoms with Crippen molar-refractivity contribution in [3.8, 4) is 17.0 Å². The van der Waals surface area contributed by atoms with E-state index in [4.69, 9.17) is 9.47 Å². The van der Waals surface area contributed by atoms with Crippen LogP contribution in [0, 0.1) is 0 Å². The Morgan fingerprint density at radius 2 is 1.97 bits per heavy atom. The van der Waals surface area contributed by atoms with Crippen molar-refractivity contribution in [2.75, 3.05) is 19.0 Å². The maximum Gasteiger partial charge on any atom is 0.241 e. The fourth-order valence-electron chi connectivity index (χ4n) is 4.37. The number of hydrogen-bond acceptors (Lipinski definition) is 7. The summed E-state index contributed by atoms with van der Waals surface area (Å²) < 4.78 is 13.0. The number of rotatable bonds is 6. The molecule has 1 aliphatic carbocycles. The second-order valence-corrected chi connectivity index (χ2v) is 7.83. The number of ether oxygens (including phenoxy) is 2. The Hall–Kier alpha value is -3.26. The third-order valence-corrected chi connectivity index (χ3v) is 5.93. The van der Waals surface area contributed by atoms with Gasteiger partial charge in [-0.3, -0.25) is 0 Å². The summed E-state index contributed by atoms with van der Waals surface area (Å²) in [5.41, 5.74) is 3.89. The number of aromatic nitrogens is 5. The molecule has 1 fully saturated rings. The minimum Gasteiger partial charge on any atom is -0.480 e. The van der Waals surface area contributed by atoms with Crippen molar-refractivity contribution in [3.05, 3.63) is 43.0 Å². The van der Waals surface area contributed by atoms with Crippen molar-refractivity contribution in [2.45, 2.75) is 44.8 Å². The first-order valence-corrected chi connectivity index (χ1v) is 10.8. The molecule has 0 bridgehead atoms. The van der Waals surface area contributed by atoms with Crippen LogP contribution in [0.3, 0.4) is 0 Å². The van der Waals surface area contributed by atoms with Crippen LogP contribution in [0.4, 0.5) is 5.95 Å². The predicted molar refractivity (Wildman–Crippen MR) is 119 cm³/mol. The van der Waals surface area contributed by atoms with Gasteiger partial charge < -0.3 is 14.8 Å². The van der Waals surface area contributed by atoms with Gasteiger partial charge in [0.25, 0.3) is 0 Å². The zero-order valence-corrected chi connectivity index (χ0v) is 17.8. The lowest BCUT2D eigenvalue weighted by Crippen LogP contribution is -2.30. The summed E-state index contributed by atoms with van der Waals surface area (Å²) in [6, 6.07) is 8.52. The molecular formula is C23H26N6O2. The van der Waals surface area contributed by atoms with E-state index in [2.05, 4.69) is 38.4 Å². The summed E-state index contributed by atoms with van der Waals surface area (Å²) in [6.07, 6.45) is 10.1. The van der Waals surface area contributed by atoms with E-state index in [0.29, 0.717) is 24.0 Å². The van der Waals surface area contributed by atoms with Crippen LogP contribution in [0.25, 0.3) is 27.5 Å². The van der Waals surface area contributed by atoms with Crippen LogP contribution in [0.2, 0.25) is 0 Å². The van der Waals surface area contributed by atoms with Crippen LogP contribution < -0.4 is 10.1 Å². The molecule has 4 aromatic rings. The number of methoxy groups -OCH3 is 1. The first-order chi connectivity index (χ1) is 15.2. The molecule has 0 amide bonds. The first-order valence-electron chi connectivity index (χ1n) is 10.8. The molecule has 1 saturated carbocycles. The van der Waals surface area contributed by atoms with E-state index in [9.17, 15) is 0 Å². The Balaban J connectivity index is 1.38. The molecule has 0 spiro atoms. The molecule has 1 N–H and O–H groups in total. The molecule has 0 atom stereocenters. The SMILES string of the molecule is CCO[C@H]1CC[C@H](Nc2ncc3c(-c4ccc5ncnc(OC)c5c4)ccn3n2)CC1. The number of benzene rings is 1. The highest BCUT2D eigenvalue weighted by atomic mass is 16.5. The molecule has 0 radical (unpaired) electrons. The highest BCUT2D eigenvalue weighted by Crippen LogP contribution is 2.31. The zero-order chi connectivity index (χ0) is 21.2. The summed E-state index contributed by atoms with van der Waals surface area (Å²) in [7, 11) is 1.62. The zero-order valence-electron chi connectivity index (χ0n) is 17.8. The Morgan fingerprint density at radius 3 is 2.77 bits per heavy atom. The first kappa shape index (κ1) is 19.7. The Bertz CT molecular complexity index is 1200. The Labute approximate surface area is 180 Å². The largest absolute Gasteiger partial charge is 0.480 e. The van der Waals surface area contributed by atoms with Gasteiger partial charge in [0.05, 0.1) is 35.8 Å². The van der Waals surface area contributed by atoms with Gasteiger partial charge in [-0.25, -0.2) is 19.5 Å². The van der Waals surface area contributed by atoms with Crippen LogP contribution >= 0.6 is 0 Å². The summed E-state index contributed by atoms with van der Waals surface area (Å²) >= 11 is 0. The molecule has 5 rings (SSSR count). The molecular weight excluding hydrogens is 392 g/mol. The lowest BCUT2D eigenvalue weighted by atomic mass is 9.93. The molecule has 3 heterocycles. The number of fused-ring (bicyclic) bond motifs is 2. The van der Waals surface area contributed by atoms with Gasteiger partial charge in [0.2, 0.25) is 11.8 Å². The van der Waals surface area contributed by atoms with Crippen LogP contribution in [0.1, 0.15) is 32.6 Å². The molecule has 0 unspecified atom stereocenters. The van der Waals surface area contributed by atoms with E-state index in [1.165, 1.54) is 6.33 Å². The van der Waals surface area contributed by atoms with Crippen molar-refractivity contribution in [2.24, 2.45) is 0 Å². The standard InChI is InChI=1S/C23H26N6O2/c1-3-31-17-7-5-16(6-8-17)27-23-24-13-21-18(10-11-29(21)28-23)15-4-9-20-19(12-15)22(30-2)26-14-25-20/h4,9-14,16-17H,3,5-8H2,1-2H3,(H,27,28)/t16-,17-. The molecule has 160 valence electrons. The minimum atomic E-state index is 0.386. The van der Waals surface area contributed by atoms with Crippen LogP contribution in [-0.2, 0) is 4.74 Å². The maximum absolute atomic E-state index is 5.75. The molecule has 3 aromatic heterocycles.